The standard InChI is InChI=1S/C11H11NS2/c1-8-6-7-11(13-8)14-10-5-3-2-4-9(10)12/h2-7H,12H2,1H3. The van der Waals surface area contributed by atoms with Crippen LogP contribution in [0.15, 0.2) is 45.5 Å². The molecule has 14 heavy (non-hydrogen) atoms. The summed E-state index contributed by atoms with van der Waals surface area (Å²) in [6.45, 7) is 2.11. The Bertz CT molecular complexity index is 434. The second kappa shape index (κ2) is 4.07. The van der Waals surface area contributed by atoms with Crippen molar-refractivity contribution in [2.24, 2.45) is 0 Å². The maximum Gasteiger partial charge on any atom is 0.0649 e. The molecule has 0 aliphatic heterocycles. The highest BCUT2D eigenvalue weighted by molar-refractivity contribution is 8.01. The molecule has 1 aromatic carbocycles. The number of nitrogen functional groups attached to an aromatic ring is 1. The van der Waals surface area contributed by atoms with E-state index in [0.29, 0.717) is 0 Å². The Hall–Kier alpha value is -0.930. The number of hydrogen-bond acceptors (Lipinski definition) is 3. The van der Waals surface area contributed by atoms with Crippen LogP contribution in [-0.2, 0) is 0 Å². The van der Waals surface area contributed by atoms with Crippen LogP contribution in [0.3, 0.4) is 0 Å². The Labute approximate surface area is 92.0 Å². The van der Waals surface area contributed by atoms with Crippen molar-refractivity contribution in [1.29, 1.82) is 0 Å². The lowest BCUT2D eigenvalue weighted by Crippen LogP contribution is -1.85. The molecular formula is C11H11NS2. The van der Waals surface area contributed by atoms with Gasteiger partial charge in [0, 0.05) is 15.5 Å². The van der Waals surface area contributed by atoms with Crippen molar-refractivity contribution < 1.29 is 0 Å². The van der Waals surface area contributed by atoms with E-state index in [9.17, 15) is 0 Å². The zero-order valence-electron chi connectivity index (χ0n) is 7.86. The molecule has 1 heterocycles. The van der Waals surface area contributed by atoms with Crippen molar-refractivity contribution in [2.45, 2.75) is 16.0 Å². The molecule has 1 nitrogen and oxygen atoms in total. The molecule has 72 valence electrons. The van der Waals surface area contributed by atoms with Crippen LogP contribution in [0.25, 0.3) is 0 Å². The fourth-order valence-corrected chi connectivity index (χ4v) is 3.25. The molecule has 0 unspecified atom stereocenters. The number of rotatable bonds is 2. The minimum Gasteiger partial charge on any atom is -0.398 e. The maximum atomic E-state index is 5.86. The zero-order chi connectivity index (χ0) is 9.97. The smallest absolute Gasteiger partial charge is 0.0649 e. The molecule has 1 aromatic heterocycles. The summed E-state index contributed by atoms with van der Waals surface area (Å²) in [6, 6.07) is 12.2. The van der Waals surface area contributed by atoms with E-state index in [1.807, 2.05) is 18.2 Å². The van der Waals surface area contributed by atoms with Gasteiger partial charge in [0.2, 0.25) is 0 Å². The van der Waals surface area contributed by atoms with Crippen LogP contribution in [0.5, 0.6) is 0 Å². The minimum absolute atomic E-state index is 0.851. The average molecular weight is 221 g/mol. The van der Waals surface area contributed by atoms with Gasteiger partial charge >= 0.3 is 0 Å². The van der Waals surface area contributed by atoms with Crippen LogP contribution in [0.4, 0.5) is 5.69 Å². The third-order valence-corrected chi connectivity index (χ3v) is 4.07. The Morgan fingerprint density at radius 3 is 2.57 bits per heavy atom. The van der Waals surface area contributed by atoms with Gasteiger partial charge < -0.3 is 5.73 Å². The number of anilines is 1. The van der Waals surface area contributed by atoms with Gasteiger partial charge in [-0.2, -0.15) is 0 Å². The lowest BCUT2D eigenvalue weighted by atomic mass is 10.3. The van der Waals surface area contributed by atoms with Gasteiger partial charge in [-0.1, -0.05) is 23.9 Å². The lowest BCUT2D eigenvalue weighted by Gasteiger charge is -2.01. The molecule has 0 atom stereocenters. The average Bonchev–Trinajstić information content (AvgIpc) is 2.56. The van der Waals surface area contributed by atoms with E-state index in [2.05, 4.69) is 25.1 Å². The highest BCUT2D eigenvalue weighted by Crippen LogP contribution is 2.35. The highest BCUT2D eigenvalue weighted by atomic mass is 32.2. The molecule has 0 aliphatic rings. The molecule has 0 saturated heterocycles. The first-order chi connectivity index (χ1) is 6.75. The van der Waals surface area contributed by atoms with Gasteiger partial charge in [-0.25, -0.2) is 0 Å². The topological polar surface area (TPSA) is 26.0 Å². The Morgan fingerprint density at radius 1 is 1.14 bits per heavy atom. The third-order valence-electron chi connectivity index (χ3n) is 1.85. The first-order valence-electron chi connectivity index (χ1n) is 4.34. The molecule has 3 heteroatoms. The highest BCUT2D eigenvalue weighted by Gasteiger charge is 2.02. The summed E-state index contributed by atoms with van der Waals surface area (Å²) >= 11 is 3.53. The summed E-state index contributed by atoms with van der Waals surface area (Å²) in [5.74, 6) is 0. The summed E-state index contributed by atoms with van der Waals surface area (Å²) < 4.78 is 1.29. The first-order valence-corrected chi connectivity index (χ1v) is 5.98. The second-order valence-electron chi connectivity index (χ2n) is 3.00. The molecule has 0 fully saturated rings. The van der Waals surface area contributed by atoms with Gasteiger partial charge in [-0.15, -0.1) is 11.3 Å². The zero-order valence-corrected chi connectivity index (χ0v) is 9.49. The van der Waals surface area contributed by atoms with E-state index < -0.39 is 0 Å². The van der Waals surface area contributed by atoms with Gasteiger partial charge in [0.05, 0.1) is 4.21 Å². The predicted octanol–water partition coefficient (Wildman–Crippen LogP) is 3.79. The fraction of sp³-hybridized carbons (Fsp3) is 0.0909. The summed E-state index contributed by atoms with van der Waals surface area (Å²) in [4.78, 5) is 2.47. The minimum atomic E-state index is 0.851. The van der Waals surface area contributed by atoms with Crippen LogP contribution < -0.4 is 5.73 Å². The number of hydrogen-bond donors (Lipinski definition) is 1. The number of nitrogens with two attached hydrogens (primary N) is 1. The molecule has 0 spiro atoms. The van der Waals surface area contributed by atoms with Gasteiger partial charge in [-0.05, 0) is 31.2 Å². The lowest BCUT2D eigenvalue weighted by molar-refractivity contribution is 1.46. The Kier molecular flexibility index (Phi) is 2.79. The first kappa shape index (κ1) is 9.62. The van der Waals surface area contributed by atoms with E-state index in [1.54, 1.807) is 23.1 Å². The van der Waals surface area contributed by atoms with Crippen LogP contribution in [0, 0.1) is 6.92 Å². The molecule has 0 amide bonds. The van der Waals surface area contributed by atoms with Crippen LogP contribution >= 0.6 is 23.1 Å². The Balaban J connectivity index is 2.23. The van der Waals surface area contributed by atoms with E-state index in [1.165, 1.54) is 9.09 Å². The molecule has 2 aromatic rings. The van der Waals surface area contributed by atoms with Gasteiger partial charge in [0.15, 0.2) is 0 Å². The third kappa shape index (κ3) is 2.11. The normalized spacial score (nSPS) is 10.4. The maximum absolute atomic E-state index is 5.86. The summed E-state index contributed by atoms with van der Waals surface area (Å²) in [7, 11) is 0. The number of benzene rings is 1. The number of para-hydroxylation sites is 1. The SMILES string of the molecule is Cc1ccc(Sc2ccccc2N)s1. The van der Waals surface area contributed by atoms with Crippen molar-refractivity contribution in [3.05, 3.63) is 41.3 Å². The van der Waals surface area contributed by atoms with Crippen LogP contribution in [-0.4, -0.2) is 0 Å². The molecular weight excluding hydrogens is 210 g/mol. The molecule has 0 aliphatic carbocycles. The molecule has 2 rings (SSSR count). The van der Waals surface area contributed by atoms with E-state index in [-0.39, 0.29) is 0 Å². The number of thiophene rings is 1. The second-order valence-corrected chi connectivity index (χ2v) is 5.64. The summed E-state index contributed by atoms with van der Waals surface area (Å²) in [6.07, 6.45) is 0. The monoisotopic (exact) mass is 221 g/mol. The van der Waals surface area contributed by atoms with E-state index >= 15 is 0 Å². The van der Waals surface area contributed by atoms with E-state index in [0.717, 1.165) is 10.6 Å². The van der Waals surface area contributed by atoms with Crippen molar-refractivity contribution in [1.82, 2.24) is 0 Å². The summed E-state index contributed by atoms with van der Waals surface area (Å²) in [5.41, 5.74) is 6.71. The van der Waals surface area contributed by atoms with Gasteiger partial charge in [0.25, 0.3) is 0 Å². The van der Waals surface area contributed by atoms with Crippen molar-refractivity contribution >= 4 is 28.8 Å². The number of aryl methyl sites for hydroxylation is 1. The molecule has 0 bridgehead atoms. The van der Waals surface area contributed by atoms with Crippen LogP contribution in [0.1, 0.15) is 4.88 Å². The largest absolute Gasteiger partial charge is 0.398 e. The van der Waals surface area contributed by atoms with Crippen molar-refractivity contribution in [3.8, 4) is 0 Å². The van der Waals surface area contributed by atoms with Crippen LogP contribution in [0.2, 0.25) is 0 Å². The van der Waals surface area contributed by atoms with E-state index in [4.69, 9.17) is 5.73 Å². The Morgan fingerprint density at radius 2 is 1.93 bits per heavy atom. The van der Waals surface area contributed by atoms with Crippen molar-refractivity contribution in [3.63, 3.8) is 0 Å². The fourth-order valence-electron chi connectivity index (χ4n) is 1.15. The predicted molar refractivity (Wildman–Crippen MR) is 64.0 cm³/mol. The van der Waals surface area contributed by atoms with Crippen molar-refractivity contribution in [2.75, 3.05) is 5.73 Å². The summed E-state index contributed by atoms with van der Waals surface area (Å²) in [5, 5.41) is 0. The molecule has 0 saturated carbocycles. The molecule has 2 N–H and O–H groups in total. The van der Waals surface area contributed by atoms with Gasteiger partial charge in [0.1, 0.15) is 0 Å². The van der Waals surface area contributed by atoms with Gasteiger partial charge in [-0.3, -0.25) is 0 Å². The quantitative estimate of drug-likeness (QED) is 0.781. The molecule has 0 radical (unpaired) electrons.